The number of hydrogen-bond acceptors (Lipinski definition) is 9. The van der Waals surface area contributed by atoms with Gasteiger partial charge in [-0.3, -0.25) is 0 Å². The normalized spacial score (nSPS) is 12.2. The number of aromatic nitrogens is 2. The van der Waals surface area contributed by atoms with Crippen LogP contribution in [0.1, 0.15) is 24.4 Å². The number of nitrogens with zero attached hydrogens (tertiary/aromatic N) is 3. The van der Waals surface area contributed by atoms with Gasteiger partial charge in [-0.2, -0.15) is 9.98 Å². The number of carbonyl (C=O) groups excluding carboxylic acids is 1. The first kappa shape index (κ1) is 24.1. The predicted octanol–water partition coefficient (Wildman–Crippen LogP) is 5.13. The Morgan fingerprint density at radius 1 is 1.18 bits per heavy atom. The van der Waals surface area contributed by atoms with Gasteiger partial charge < -0.3 is 24.1 Å². The molecule has 0 saturated carbocycles. The molecule has 0 saturated heterocycles. The average Bonchev–Trinajstić information content (AvgIpc) is 3.27. The number of nitrogens with one attached hydrogen (secondary N) is 1. The molecule has 0 radical (unpaired) electrons. The largest absolute Gasteiger partial charge is 0.493 e. The van der Waals surface area contributed by atoms with Crippen LogP contribution < -0.4 is 14.8 Å². The van der Waals surface area contributed by atoms with Gasteiger partial charge in [0.05, 0.1) is 20.8 Å². The van der Waals surface area contributed by atoms with Gasteiger partial charge in [-0.25, -0.2) is 4.79 Å². The van der Waals surface area contributed by atoms with Crippen molar-refractivity contribution < 1.29 is 23.5 Å². The Hall–Kier alpha value is -3.53. The number of aryl methyl sites for hydroxylation is 1. The van der Waals surface area contributed by atoms with Crippen molar-refractivity contribution in [2.75, 3.05) is 32.4 Å². The number of ether oxygens (including phenoxy) is 3. The molecule has 174 valence electrons. The van der Waals surface area contributed by atoms with Crippen molar-refractivity contribution in [1.82, 2.24) is 10.1 Å². The SMILES string of the molecule is CCOc1cc(C(Nc2ccc(-c3noc(C)n3)cc2)/C(=N/C(=O)OC)SC)ccc1OC. The summed E-state index contributed by atoms with van der Waals surface area (Å²) in [5.41, 5.74) is 2.48. The molecule has 3 rings (SSSR count). The van der Waals surface area contributed by atoms with Crippen molar-refractivity contribution in [1.29, 1.82) is 0 Å². The standard InChI is InChI=1S/C23H26N4O5S/c1-6-31-19-13-16(9-12-18(19)29-3)20(22(33-5)26-23(28)30-4)25-17-10-7-15(8-11-17)21-24-14(2)32-27-21/h7-13,20,25H,6H2,1-5H3/b26-22-. The molecule has 0 aliphatic carbocycles. The van der Waals surface area contributed by atoms with Crippen LogP contribution in [0.2, 0.25) is 0 Å². The summed E-state index contributed by atoms with van der Waals surface area (Å²) in [7, 11) is 2.89. The Bertz CT molecular complexity index is 1110. The lowest BCUT2D eigenvalue weighted by Crippen LogP contribution is -2.20. The van der Waals surface area contributed by atoms with E-state index < -0.39 is 12.1 Å². The van der Waals surface area contributed by atoms with Crippen LogP contribution in [0.3, 0.4) is 0 Å². The van der Waals surface area contributed by atoms with E-state index in [4.69, 9.17) is 18.7 Å². The highest BCUT2D eigenvalue weighted by atomic mass is 32.2. The van der Waals surface area contributed by atoms with Crippen molar-refractivity contribution in [3.8, 4) is 22.9 Å². The molecule has 33 heavy (non-hydrogen) atoms. The lowest BCUT2D eigenvalue weighted by Gasteiger charge is -2.22. The molecule has 1 aromatic heterocycles. The highest BCUT2D eigenvalue weighted by Crippen LogP contribution is 2.34. The van der Waals surface area contributed by atoms with Crippen LogP contribution in [0.15, 0.2) is 52.0 Å². The van der Waals surface area contributed by atoms with Crippen LogP contribution >= 0.6 is 11.8 Å². The number of methoxy groups -OCH3 is 2. The van der Waals surface area contributed by atoms with Gasteiger partial charge in [-0.1, -0.05) is 11.2 Å². The minimum atomic E-state index is -0.674. The fraction of sp³-hybridized carbons (Fsp3) is 0.304. The molecule has 1 atom stereocenters. The minimum absolute atomic E-state index is 0.442. The van der Waals surface area contributed by atoms with Crippen LogP contribution in [-0.2, 0) is 4.74 Å². The molecule has 10 heteroatoms. The number of hydrogen-bond donors (Lipinski definition) is 1. The topological polar surface area (TPSA) is 108 Å². The Balaban J connectivity index is 1.98. The van der Waals surface area contributed by atoms with Crippen molar-refractivity contribution in [3.05, 3.63) is 53.9 Å². The summed E-state index contributed by atoms with van der Waals surface area (Å²) in [6.45, 7) is 4.13. The third kappa shape index (κ3) is 6.04. The maximum Gasteiger partial charge on any atom is 0.434 e. The number of benzene rings is 2. The Labute approximate surface area is 196 Å². The van der Waals surface area contributed by atoms with Crippen LogP contribution in [0.5, 0.6) is 11.5 Å². The van der Waals surface area contributed by atoms with Crippen LogP contribution in [-0.4, -0.2) is 48.4 Å². The molecule has 0 bridgehead atoms. The molecule has 2 aromatic carbocycles. The molecular formula is C23H26N4O5S. The zero-order valence-corrected chi connectivity index (χ0v) is 19.9. The number of carbonyl (C=O) groups is 1. The summed E-state index contributed by atoms with van der Waals surface area (Å²) in [5, 5.41) is 7.93. The average molecular weight is 471 g/mol. The molecular weight excluding hydrogens is 444 g/mol. The van der Waals surface area contributed by atoms with E-state index in [1.807, 2.05) is 55.6 Å². The molecule has 0 spiro atoms. The number of thioether (sulfide) groups is 1. The second kappa shape index (κ2) is 11.4. The summed E-state index contributed by atoms with van der Waals surface area (Å²) >= 11 is 1.35. The van der Waals surface area contributed by atoms with Gasteiger partial charge in [0.1, 0.15) is 11.1 Å². The maximum atomic E-state index is 11.9. The van der Waals surface area contributed by atoms with Gasteiger partial charge in [-0.15, -0.1) is 11.8 Å². The van der Waals surface area contributed by atoms with E-state index in [1.54, 1.807) is 14.0 Å². The smallest absolute Gasteiger partial charge is 0.434 e. The second-order valence-electron chi connectivity index (χ2n) is 6.76. The van der Waals surface area contributed by atoms with E-state index in [2.05, 4.69) is 20.4 Å². The van der Waals surface area contributed by atoms with Crippen molar-refractivity contribution in [2.45, 2.75) is 19.9 Å². The number of amides is 1. The summed E-state index contributed by atoms with van der Waals surface area (Å²) in [4.78, 5) is 20.3. The van der Waals surface area contributed by atoms with Gasteiger partial charge >= 0.3 is 6.09 Å². The molecule has 1 unspecified atom stereocenters. The highest BCUT2D eigenvalue weighted by molar-refractivity contribution is 8.13. The van der Waals surface area contributed by atoms with Crippen LogP contribution in [0.25, 0.3) is 11.4 Å². The number of aliphatic imine (C=N–C) groups is 1. The van der Waals surface area contributed by atoms with Crippen LogP contribution in [0, 0.1) is 6.92 Å². The molecule has 0 aliphatic heterocycles. The Morgan fingerprint density at radius 3 is 2.52 bits per heavy atom. The van der Waals surface area contributed by atoms with Crippen molar-refractivity contribution in [3.63, 3.8) is 0 Å². The van der Waals surface area contributed by atoms with Gasteiger partial charge in [0.25, 0.3) is 0 Å². The van der Waals surface area contributed by atoms with Gasteiger partial charge in [0.15, 0.2) is 11.5 Å². The monoisotopic (exact) mass is 470 g/mol. The van der Waals surface area contributed by atoms with Crippen molar-refractivity contribution in [2.24, 2.45) is 4.99 Å². The minimum Gasteiger partial charge on any atom is -0.493 e. The van der Waals surface area contributed by atoms with E-state index in [0.717, 1.165) is 16.8 Å². The van der Waals surface area contributed by atoms with Crippen molar-refractivity contribution >= 4 is 28.6 Å². The van der Waals surface area contributed by atoms with E-state index in [1.165, 1.54) is 18.9 Å². The zero-order chi connectivity index (χ0) is 23.8. The second-order valence-corrected chi connectivity index (χ2v) is 7.59. The van der Waals surface area contributed by atoms with Gasteiger partial charge in [0, 0.05) is 18.2 Å². The third-order valence-corrected chi connectivity index (χ3v) is 5.38. The number of rotatable bonds is 8. The fourth-order valence-electron chi connectivity index (χ4n) is 3.09. The quantitative estimate of drug-likeness (QED) is 0.354. The van der Waals surface area contributed by atoms with E-state index >= 15 is 0 Å². The first-order valence-electron chi connectivity index (χ1n) is 10.2. The molecule has 0 fully saturated rings. The summed E-state index contributed by atoms with van der Waals surface area (Å²) in [5.74, 6) is 2.24. The summed E-state index contributed by atoms with van der Waals surface area (Å²) in [6, 6.07) is 12.7. The van der Waals surface area contributed by atoms with E-state index in [-0.39, 0.29) is 0 Å². The molecule has 0 aliphatic rings. The Morgan fingerprint density at radius 2 is 1.94 bits per heavy atom. The first-order chi connectivity index (χ1) is 16.0. The van der Waals surface area contributed by atoms with Crippen LogP contribution in [0.4, 0.5) is 10.5 Å². The maximum absolute atomic E-state index is 11.9. The molecule has 1 amide bonds. The zero-order valence-electron chi connectivity index (χ0n) is 19.1. The summed E-state index contributed by atoms with van der Waals surface area (Å²) < 4.78 is 20.9. The first-order valence-corrected chi connectivity index (χ1v) is 11.4. The van der Waals surface area contributed by atoms with E-state index in [9.17, 15) is 4.79 Å². The lowest BCUT2D eigenvalue weighted by atomic mass is 10.1. The Kier molecular flexibility index (Phi) is 8.31. The van der Waals surface area contributed by atoms with Gasteiger partial charge in [-0.05, 0) is 55.1 Å². The number of anilines is 1. The third-order valence-electron chi connectivity index (χ3n) is 4.63. The molecule has 1 heterocycles. The molecule has 1 N–H and O–H groups in total. The fourth-order valence-corrected chi connectivity index (χ4v) is 3.69. The predicted molar refractivity (Wildman–Crippen MR) is 128 cm³/mol. The van der Waals surface area contributed by atoms with E-state index in [0.29, 0.717) is 34.9 Å². The molecule has 9 nitrogen and oxygen atoms in total. The van der Waals surface area contributed by atoms with Gasteiger partial charge in [0.2, 0.25) is 11.7 Å². The molecule has 3 aromatic rings. The highest BCUT2D eigenvalue weighted by Gasteiger charge is 2.22. The lowest BCUT2D eigenvalue weighted by molar-refractivity contribution is 0.182. The summed E-state index contributed by atoms with van der Waals surface area (Å²) in [6.07, 6.45) is 1.18.